The summed E-state index contributed by atoms with van der Waals surface area (Å²) >= 11 is 0. The number of rotatable bonds is 3. The molecule has 0 aliphatic carbocycles. The van der Waals surface area contributed by atoms with Crippen LogP contribution in [0.5, 0.6) is 0 Å². The van der Waals surface area contributed by atoms with Crippen LogP contribution >= 0.6 is 0 Å². The van der Waals surface area contributed by atoms with Gasteiger partial charge in [0, 0.05) is 17.2 Å². The zero-order chi connectivity index (χ0) is 15.5. The monoisotopic (exact) mass is 301 g/mol. The van der Waals surface area contributed by atoms with Crippen molar-refractivity contribution in [3.05, 3.63) is 64.2 Å². The van der Waals surface area contributed by atoms with E-state index in [4.69, 9.17) is 5.26 Å². The predicted octanol–water partition coefficient (Wildman–Crippen LogP) is 3.25. The van der Waals surface area contributed by atoms with Crippen LogP contribution in [-0.2, 0) is 9.73 Å². The lowest BCUT2D eigenvalue weighted by Crippen LogP contribution is -1.97. The van der Waals surface area contributed by atoms with Gasteiger partial charge in [-0.05, 0) is 24.3 Å². The molecule has 2 aromatic carbocycles. The maximum absolute atomic E-state index is 12.6. The fraction of sp³-hybridized carbons (Fsp3) is 0.0714. The normalized spacial score (nSPS) is 13.0. The Morgan fingerprint density at radius 3 is 2.48 bits per heavy atom. The molecular formula is C14H11N3O3S. The third kappa shape index (κ3) is 3.24. The Hall–Kier alpha value is -2.72. The van der Waals surface area contributed by atoms with Crippen LogP contribution in [0.15, 0.2) is 57.8 Å². The SMILES string of the molecule is CS(=O)(=Nc1ccc(C#N)cc1[N+](=O)[O-])c1ccccc1. The van der Waals surface area contributed by atoms with Gasteiger partial charge in [0.2, 0.25) is 0 Å². The molecule has 0 fully saturated rings. The molecule has 0 aliphatic heterocycles. The number of nitrogens with zero attached hydrogens (tertiary/aromatic N) is 3. The average molecular weight is 301 g/mol. The lowest BCUT2D eigenvalue weighted by Gasteiger charge is -2.05. The first-order valence-electron chi connectivity index (χ1n) is 5.90. The summed E-state index contributed by atoms with van der Waals surface area (Å²) in [4.78, 5) is 10.9. The van der Waals surface area contributed by atoms with Gasteiger partial charge in [-0.1, -0.05) is 18.2 Å². The summed E-state index contributed by atoms with van der Waals surface area (Å²) in [6.45, 7) is 0. The molecule has 7 heteroatoms. The largest absolute Gasteiger partial charge is 0.296 e. The molecule has 0 spiro atoms. The highest BCUT2D eigenvalue weighted by atomic mass is 32.2. The van der Waals surface area contributed by atoms with Crippen molar-refractivity contribution in [2.45, 2.75) is 4.90 Å². The highest BCUT2D eigenvalue weighted by Gasteiger charge is 2.16. The van der Waals surface area contributed by atoms with Crippen molar-refractivity contribution in [3.63, 3.8) is 0 Å². The van der Waals surface area contributed by atoms with E-state index in [1.54, 1.807) is 30.3 Å². The molecule has 1 unspecified atom stereocenters. The molecule has 0 aliphatic rings. The van der Waals surface area contributed by atoms with Crippen molar-refractivity contribution in [1.29, 1.82) is 5.26 Å². The number of nitro groups is 1. The third-order valence-electron chi connectivity index (χ3n) is 2.75. The molecule has 1 atom stereocenters. The van der Waals surface area contributed by atoms with Crippen LogP contribution in [0.25, 0.3) is 0 Å². The van der Waals surface area contributed by atoms with Crippen LogP contribution in [0.3, 0.4) is 0 Å². The molecule has 0 bridgehead atoms. The van der Waals surface area contributed by atoms with Gasteiger partial charge in [-0.2, -0.15) is 9.62 Å². The molecule has 21 heavy (non-hydrogen) atoms. The molecule has 0 amide bonds. The minimum Gasteiger partial charge on any atom is -0.258 e. The van der Waals surface area contributed by atoms with E-state index in [1.165, 1.54) is 18.4 Å². The molecule has 6 nitrogen and oxygen atoms in total. The van der Waals surface area contributed by atoms with Gasteiger partial charge in [-0.15, -0.1) is 0 Å². The van der Waals surface area contributed by atoms with Crippen molar-refractivity contribution in [2.24, 2.45) is 4.36 Å². The van der Waals surface area contributed by atoms with Crippen LogP contribution in [0, 0.1) is 21.4 Å². The molecule has 0 N–H and O–H groups in total. The van der Waals surface area contributed by atoms with E-state index in [0.29, 0.717) is 4.90 Å². The fourth-order valence-corrected chi connectivity index (χ4v) is 3.03. The summed E-state index contributed by atoms with van der Waals surface area (Å²) < 4.78 is 16.7. The molecule has 0 saturated carbocycles. The first-order valence-corrected chi connectivity index (χ1v) is 7.82. The zero-order valence-corrected chi connectivity index (χ0v) is 11.9. The van der Waals surface area contributed by atoms with Crippen molar-refractivity contribution in [3.8, 4) is 6.07 Å². The topological polar surface area (TPSA) is 96.4 Å². The second-order valence-electron chi connectivity index (χ2n) is 4.28. The fourth-order valence-electron chi connectivity index (χ4n) is 1.73. The number of nitro benzene ring substituents is 1. The summed E-state index contributed by atoms with van der Waals surface area (Å²) in [6, 6.07) is 14.2. The Morgan fingerprint density at radius 1 is 1.24 bits per heavy atom. The Morgan fingerprint density at radius 2 is 1.90 bits per heavy atom. The minimum absolute atomic E-state index is 0.00430. The van der Waals surface area contributed by atoms with Crippen molar-refractivity contribution < 1.29 is 9.13 Å². The maximum Gasteiger partial charge on any atom is 0.296 e. The average Bonchev–Trinajstić information content (AvgIpc) is 2.48. The van der Waals surface area contributed by atoms with E-state index >= 15 is 0 Å². The van der Waals surface area contributed by atoms with E-state index < -0.39 is 14.7 Å². The van der Waals surface area contributed by atoms with Crippen LogP contribution in [-0.4, -0.2) is 15.4 Å². The summed E-state index contributed by atoms with van der Waals surface area (Å²) in [5, 5.41) is 19.8. The van der Waals surface area contributed by atoms with Crippen molar-refractivity contribution >= 4 is 21.1 Å². The van der Waals surface area contributed by atoms with Crippen molar-refractivity contribution in [1.82, 2.24) is 0 Å². The van der Waals surface area contributed by atoms with Crippen LogP contribution in [0.2, 0.25) is 0 Å². The number of nitriles is 1. The smallest absolute Gasteiger partial charge is 0.258 e. The zero-order valence-electron chi connectivity index (χ0n) is 11.1. The molecule has 2 aromatic rings. The molecule has 0 aromatic heterocycles. The standard InChI is InChI=1S/C14H11N3O3S/c1-21(20,12-5-3-2-4-6-12)16-13-8-7-11(10-15)9-14(13)17(18)19/h2-9H,1H3. The third-order valence-corrected chi connectivity index (χ3v) is 4.45. The minimum atomic E-state index is -2.80. The van der Waals surface area contributed by atoms with E-state index in [-0.39, 0.29) is 16.9 Å². The number of hydrogen-bond donors (Lipinski definition) is 0. The van der Waals surface area contributed by atoms with Crippen LogP contribution in [0.4, 0.5) is 11.4 Å². The van der Waals surface area contributed by atoms with Crippen LogP contribution in [0.1, 0.15) is 5.56 Å². The highest BCUT2D eigenvalue weighted by Crippen LogP contribution is 2.30. The van der Waals surface area contributed by atoms with Crippen LogP contribution < -0.4 is 0 Å². The number of benzene rings is 2. The van der Waals surface area contributed by atoms with Gasteiger partial charge in [0.25, 0.3) is 5.69 Å². The van der Waals surface area contributed by atoms with Gasteiger partial charge in [0.05, 0.1) is 26.3 Å². The highest BCUT2D eigenvalue weighted by molar-refractivity contribution is 7.93. The lowest BCUT2D eigenvalue weighted by atomic mass is 10.2. The summed E-state index contributed by atoms with van der Waals surface area (Å²) in [5.74, 6) is 0. The first kappa shape index (κ1) is 14.7. The second kappa shape index (κ2) is 5.73. The Kier molecular flexibility index (Phi) is 4.00. The van der Waals surface area contributed by atoms with Gasteiger partial charge >= 0.3 is 0 Å². The van der Waals surface area contributed by atoms with Gasteiger partial charge in [-0.3, -0.25) is 10.1 Å². The van der Waals surface area contributed by atoms with E-state index in [9.17, 15) is 14.3 Å². The number of hydrogen-bond acceptors (Lipinski definition) is 5. The molecule has 2 rings (SSSR count). The van der Waals surface area contributed by atoms with E-state index in [2.05, 4.69) is 4.36 Å². The maximum atomic E-state index is 12.6. The first-order chi connectivity index (χ1) is 9.94. The van der Waals surface area contributed by atoms with E-state index in [0.717, 1.165) is 6.07 Å². The molecule has 0 radical (unpaired) electrons. The molecule has 0 saturated heterocycles. The second-order valence-corrected chi connectivity index (χ2v) is 6.54. The quantitative estimate of drug-likeness (QED) is 0.642. The lowest BCUT2D eigenvalue weighted by molar-refractivity contribution is -0.384. The summed E-state index contributed by atoms with van der Waals surface area (Å²) in [5.41, 5.74) is -0.183. The van der Waals surface area contributed by atoms with Gasteiger partial charge < -0.3 is 0 Å². The summed E-state index contributed by atoms with van der Waals surface area (Å²) in [7, 11) is -2.80. The molecular weight excluding hydrogens is 290 g/mol. The molecule has 0 heterocycles. The van der Waals surface area contributed by atoms with Crippen molar-refractivity contribution in [2.75, 3.05) is 6.26 Å². The van der Waals surface area contributed by atoms with Gasteiger partial charge in [0.15, 0.2) is 5.69 Å². The predicted molar refractivity (Wildman–Crippen MR) is 78.7 cm³/mol. The molecule has 106 valence electrons. The Balaban J connectivity index is 2.63. The van der Waals surface area contributed by atoms with Gasteiger partial charge in [0.1, 0.15) is 0 Å². The Labute approximate surface area is 122 Å². The van der Waals surface area contributed by atoms with Gasteiger partial charge in [-0.25, -0.2) is 4.21 Å². The Bertz CT molecular complexity index is 848. The van der Waals surface area contributed by atoms with E-state index in [1.807, 2.05) is 6.07 Å². The summed E-state index contributed by atoms with van der Waals surface area (Å²) in [6.07, 6.45) is 1.42.